The van der Waals surface area contributed by atoms with Gasteiger partial charge in [0.15, 0.2) is 0 Å². The molecule has 2 aliphatic heterocycles. The molecule has 2 heterocycles. The third-order valence-electron chi connectivity index (χ3n) is 5.17. The summed E-state index contributed by atoms with van der Waals surface area (Å²) >= 11 is 0. The molecule has 3 amide bonds. The average Bonchev–Trinajstić information content (AvgIpc) is 3.05. The lowest BCUT2D eigenvalue weighted by Gasteiger charge is -2.38. The van der Waals surface area contributed by atoms with Crippen molar-refractivity contribution in [3.63, 3.8) is 0 Å². The van der Waals surface area contributed by atoms with Gasteiger partial charge >= 0.3 is 6.03 Å². The fraction of sp³-hybridized carbons (Fsp3) is 0.579. The normalized spacial score (nSPS) is 23.4. The number of carbonyl (C=O) groups is 2. The Morgan fingerprint density at radius 1 is 1.36 bits per heavy atom. The molecule has 0 spiro atoms. The van der Waals surface area contributed by atoms with Crippen LogP contribution in [0.1, 0.15) is 37.7 Å². The van der Waals surface area contributed by atoms with Crippen LogP contribution in [0.5, 0.6) is 0 Å². The van der Waals surface area contributed by atoms with E-state index in [0.29, 0.717) is 19.5 Å². The molecule has 0 unspecified atom stereocenters. The molecular weight excluding hydrogens is 321 g/mol. The second-order valence-electron chi connectivity index (χ2n) is 6.99. The highest BCUT2D eigenvalue weighted by molar-refractivity contribution is 5.79. The molecule has 0 aliphatic carbocycles. The van der Waals surface area contributed by atoms with Crippen LogP contribution >= 0.6 is 0 Å². The zero-order chi connectivity index (χ0) is 17.6. The van der Waals surface area contributed by atoms with E-state index in [0.717, 1.165) is 44.2 Å². The molecule has 2 N–H and O–H groups in total. The van der Waals surface area contributed by atoms with Crippen molar-refractivity contribution in [2.75, 3.05) is 19.6 Å². The van der Waals surface area contributed by atoms with Gasteiger partial charge in [0, 0.05) is 38.0 Å². The quantitative estimate of drug-likeness (QED) is 0.804. The van der Waals surface area contributed by atoms with Crippen molar-refractivity contribution >= 4 is 11.9 Å². The lowest BCUT2D eigenvalue weighted by Crippen LogP contribution is -2.52. The molecule has 2 saturated heterocycles. The van der Waals surface area contributed by atoms with Crippen LogP contribution in [0.2, 0.25) is 0 Å². The Morgan fingerprint density at radius 2 is 2.24 bits per heavy atom. The van der Waals surface area contributed by atoms with Crippen LogP contribution < -0.4 is 10.6 Å². The molecule has 0 radical (unpaired) electrons. The monoisotopic (exact) mass is 347 g/mol. The van der Waals surface area contributed by atoms with Crippen molar-refractivity contribution in [1.29, 1.82) is 0 Å². The van der Waals surface area contributed by atoms with Crippen LogP contribution in [-0.4, -0.2) is 42.5 Å². The molecule has 1 aromatic carbocycles. The van der Waals surface area contributed by atoms with Crippen molar-refractivity contribution in [2.45, 2.75) is 44.6 Å². The van der Waals surface area contributed by atoms with Gasteiger partial charge in [-0.05, 0) is 49.8 Å². The number of hydrogen-bond donors (Lipinski definition) is 2. The van der Waals surface area contributed by atoms with Crippen molar-refractivity contribution in [3.05, 3.63) is 35.6 Å². The first-order valence-electron chi connectivity index (χ1n) is 9.19. The van der Waals surface area contributed by atoms with Crippen LogP contribution in [0.15, 0.2) is 24.3 Å². The average molecular weight is 347 g/mol. The van der Waals surface area contributed by atoms with Gasteiger partial charge in [-0.3, -0.25) is 4.79 Å². The number of benzene rings is 1. The van der Waals surface area contributed by atoms with E-state index in [1.54, 1.807) is 6.07 Å². The highest BCUT2D eigenvalue weighted by atomic mass is 19.1. The van der Waals surface area contributed by atoms with E-state index in [1.165, 1.54) is 12.1 Å². The number of nitrogens with zero attached hydrogens (tertiary/aromatic N) is 1. The molecule has 5 nitrogen and oxygen atoms in total. The van der Waals surface area contributed by atoms with Gasteiger partial charge in [-0.25, -0.2) is 9.18 Å². The third-order valence-corrected chi connectivity index (χ3v) is 5.17. The summed E-state index contributed by atoms with van der Waals surface area (Å²) in [6.07, 6.45) is 5.13. The fourth-order valence-corrected chi connectivity index (χ4v) is 3.88. The zero-order valence-electron chi connectivity index (χ0n) is 14.5. The molecule has 2 aliphatic rings. The van der Waals surface area contributed by atoms with Gasteiger partial charge in [0.25, 0.3) is 0 Å². The predicted molar refractivity (Wildman–Crippen MR) is 93.6 cm³/mol. The maximum Gasteiger partial charge on any atom is 0.317 e. The van der Waals surface area contributed by atoms with E-state index in [-0.39, 0.29) is 29.7 Å². The molecule has 0 aromatic heterocycles. The van der Waals surface area contributed by atoms with E-state index in [4.69, 9.17) is 0 Å². The first-order valence-corrected chi connectivity index (χ1v) is 9.19. The molecule has 3 rings (SSSR count). The number of likely N-dealkylation sites (tertiary alicyclic amines) is 1. The lowest BCUT2D eigenvalue weighted by molar-refractivity contribution is -0.119. The van der Waals surface area contributed by atoms with Crippen LogP contribution in [0.3, 0.4) is 0 Å². The van der Waals surface area contributed by atoms with Crippen molar-refractivity contribution in [3.8, 4) is 0 Å². The number of amides is 3. The first kappa shape index (κ1) is 17.7. The number of halogens is 1. The largest absolute Gasteiger partial charge is 0.356 e. The summed E-state index contributed by atoms with van der Waals surface area (Å²) in [5.74, 6) is 0.0919. The molecule has 136 valence electrons. The van der Waals surface area contributed by atoms with Crippen molar-refractivity contribution in [1.82, 2.24) is 15.5 Å². The first-order chi connectivity index (χ1) is 12.1. The van der Waals surface area contributed by atoms with Gasteiger partial charge in [0.1, 0.15) is 5.82 Å². The van der Waals surface area contributed by atoms with Crippen molar-refractivity contribution in [2.24, 2.45) is 5.92 Å². The van der Waals surface area contributed by atoms with Crippen LogP contribution in [0.25, 0.3) is 0 Å². The highest BCUT2D eigenvalue weighted by Crippen LogP contribution is 2.27. The van der Waals surface area contributed by atoms with Gasteiger partial charge in [0.05, 0.1) is 0 Å². The van der Waals surface area contributed by atoms with Crippen LogP contribution in [-0.2, 0) is 11.2 Å². The number of carbonyl (C=O) groups excluding carboxylic acids is 2. The summed E-state index contributed by atoms with van der Waals surface area (Å²) in [5, 5.41) is 5.86. The summed E-state index contributed by atoms with van der Waals surface area (Å²) < 4.78 is 13.2. The van der Waals surface area contributed by atoms with Gasteiger partial charge in [-0.2, -0.15) is 0 Å². The molecule has 0 saturated carbocycles. The molecule has 1 aromatic rings. The Hall–Kier alpha value is -2.11. The van der Waals surface area contributed by atoms with Gasteiger partial charge in [0.2, 0.25) is 5.91 Å². The Morgan fingerprint density at radius 3 is 3.00 bits per heavy atom. The minimum Gasteiger partial charge on any atom is -0.356 e. The maximum atomic E-state index is 13.2. The Balaban J connectivity index is 1.46. The Labute approximate surface area is 148 Å². The van der Waals surface area contributed by atoms with E-state index >= 15 is 0 Å². The zero-order valence-corrected chi connectivity index (χ0v) is 14.5. The third kappa shape index (κ3) is 4.71. The summed E-state index contributed by atoms with van der Waals surface area (Å²) in [6, 6.07) is 6.68. The number of urea groups is 1. The summed E-state index contributed by atoms with van der Waals surface area (Å²) in [7, 11) is 0. The number of nitrogens with one attached hydrogen (secondary N) is 2. The second kappa shape index (κ2) is 8.32. The number of piperidine rings is 1. The minimum atomic E-state index is -0.225. The molecule has 25 heavy (non-hydrogen) atoms. The van der Waals surface area contributed by atoms with E-state index < -0.39 is 0 Å². The van der Waals surface area contributed by atoms with Gasteiger partial charge in [-0.1, -0.05) is 12.1 Å². The minimum absolute atomic E-state index is 0.0386. The number of hydrogen-bond acceptors (Lipinski definition) is 2. The van der Waals surface area contributed by atoms with Crippen molar-refractivity contribution < 1.29 is 14.0 Å². The maximum absolute atomic E-state index is 13.2. The molecule has 0 bridgehead atoms. The number of rotatable bonds is 5. The molecular formula is C19H26FN3O2. The topological polar surface area (TPSA) is 61.4 Å². The highest BCUT2D eigenvalue weighted by Gasteiger charge is 2.36. The smallest absolute Gasteiger partial charge is 0.317 e. The van der Waals surface area contributed by atoms with Gasteiger partial charge < -0.3 is 15.5 Å². The summed E-state index contributed by atoms with van der Waals surface area (Å²) in [6.45, 7) is 2.00. The summed E-state index contributed by atoms with van der Waals surface area (Å²) in [5.41, 5.74) is 0.945. The molecule has 2 atom stereocenters. The van der Waals surface area contributed by atoms with E-state index in [9.17, 15) is 14.0 Å². The predicted octanol–water partition coefficient (Wildman–Crippen LogP) is 2.46. The molecule has 2 fully saturated rings. The van der Waals surface area contributed by atoms with Crippen LogP contribution in [0.4, 0.5) is 9.18 Å². The van der Waals surface area contributed by atoms with Gasteiger partial charge in [-0.15, -0.1) is 0 Å². The second-order valence-corrected chi connectivity index (χ2v) is 6.99. The summed E-state index contributed by atoms with van der Waals surface area (Å²) in [4.78, 5) is 26.0. The standard InChI is InChI=1S/C19H26FN3O2/c20-16-7-3-5-14(11-16)6-4-9-21-19(25)23-10-2-1-8-17(23)15-12-18(24)22-13-15/h3,5,7,11,15,17H,1-2,4,6,8-10,12-13H2,(H,21,25)(H,22,24)/t15-,17+/m1/s1. The molecule has 6 heteroatoms. The number of aryl methyl sites for hydroxylation is 1. The SMILES string of the molecule is O=C1C[C@@H]([C@@H]2CCCCN2C(=O)NCCCc2cccc(F)c2)CN1. The van der Waals surface area contributed by atoms with E-state index in [1.807, 2.05) is 11.0 Å². The Bertz CT molecular complexity index is 622. The van der Waals surface area contributed by atoms with E-state index in [2.05, 4.69) is 10.6 Å². The lowest BCUT2D eigenvalue weighted by atomic mass is 9.90. The van der Waals surface area contributed by atoms with Crippen LogP contribution in [0, 0.1) is 11.7 Å². The Kier molecular flexibility index (Phi) is 5.89. The fourth-order valence-electron chi connectivity index (χ4n) is 3.88.